The summed E-state index contributed by atoms with van der Waals surface area (Å²) in [6, 6.07) is 11.8. The Bertz CT molecular complexity index is 941. The van der Waals surface area contributed by atoms with Gasteiger partial charge in [-0.3, -0.25) is 4.98 Å². The van der Waals surface area contributed by atoms with Crippen LogP contribution in [-0.4, -0.2) is 34.7 Å². The third-order valence-electron chi connectivity index (χ3n) is 2.91. The molecule has 6 heterocycles. The number of benzene rings is 1. The number of para-hydroxylation sites is 1. The van der Waals surface area contributed by atoms with Gasteiger partial charge in [-0.2, -0.15) is 0 Å². The third kappa shape index (κ3) is 14.4. The summed E-state index contributed by atoms with van der Waals surface area (Å²) in [4.78, 5) is 11.4. The first-order valence-electron chi connectivity index (χ1n) is 9.27. The highest BCUT2D eigenvalue weighted by Crippen LogP contribution is 2.15. The van der Waals surface area contributed by atoms with Crippen molar-refractivity contribution in [3.63, 3.8) is 0 Å². The first-order valence-corrected chi connectivity index (χ1v) is 12.9. The van der Waals surface area contributed by atoms with Gasteiger partial charge in [-0.05, 0) is 35.8 Å². The average Bonchev–Trinajstić information content (AvgIpc) is 3.81. The van der Waals surface area contributed by atoms with Crippen LogP contribution in [0.2, 0.25) is 0 Å². The highest BCUT2D eigenvalue weighted by atomic mass is 32.1. The van der Waals surface area contributed by atoms with Gasteiger partial charge in [-0.25, -0.2) is 14.3 Å². The second kappa shape index (κ2) is 20.0. The molecule has 0 saturated heterocycles. The summed E-state index contributed by atoms with van der Waals surface area (Å²) in [5.74, 6) is 0. The second-order valence-electron chi connectivity index (χ2n) is 5.13. The lowest BCUT2D eigenvalue weighted by Gasteiger charge is -1.80. The van der Waals surface area contributed by atoms with Crippen molar-refractivity contribution in [3.05, 3.63) is 113 Å². The number of hydrogen-bond donors (Lipinski definition) is 0. The van der Waals surface area contributed by atoms with Crippen LogP contribution in [0.15, 0.2) is 122 Å². The van der Waals surface area contributed by atoms with Gasteiger partial charge in [0, 0.05) is 23.2 Å². The predicted octanol–water partition coefficient (Wildman–Crippen LogP) is 6.47. The molecule has 0 radical (unpaired) electrons. The molecule has 7 aromatic rings. The molecule has 0 amide bonds. The summed E-state index contributed by atoms with van der Waals surface area (Å²) in [6.07, 6.45) is 11.1. The molecule has 0 saturated carbocycles. The van der Waals surface area contributed by atoms with Gasteiger partial charge in [0.1, 0.15) is 23.5 Å². The molecule has 1 aromatic carbocycles. The van der Waals surface area contributed by atoms with Crippen LogP contribution in [0.3, 0.4) is 0 Å². The fourth-order valence-electron chi connectivity index (χ4n) is 1.64. The zero-order chi connectivity index (χ0) is 23.8. The van der Waals surface area contributed by atoms with Crippen molar-refractivity contribution in [3.8, 4) is 0 Å². The average molecular weight is 530 g/mol. The van der Waals surface area contributed by atoms with Gasteiger partial charge in [0.2, 0.25) is 0 Å². The Morgan fingerprint density at radius 3 is 2.00 bits per heavy atom. The van der Waals surface area contributed by atoms with Crippen LogP contribution < -0.4 is 0 Å². The van der Waals surface area contributed by atoms with Crippen molar-refractivity contribution in [1.29, 1.82) is 0 Å². The Kier molecular flexibility index (Phi) is 15.6. The molecule has 0 aliphatic rings. The molecule has 0 atom stereocenters. The van der Waals surface area contributed by atoms with Crippen LogP contribution in [0, 0.1) is 0 Å². The highest BCUT2D eigenvalue weighted by molar-refractivity contribution is 7.16. The summed E-state index contributed by atoms with van der Waals surface area (Å²) in [5.41, 5.74) is 8.12. The smallest absolute Gasteiger partial charge is 0.180 e. The predicted molar refractivity (Wildman–Crippen MR) is 137 cm³/mol. The summed E-state index contributed by atoms with van der Waals surface area (Å²) in [6.45, 7) is 0. The lowest BCUT2D eigenvalue weighted by Crippen LogP contribution is -1.61. The molecule has 6 aromatic heterocycles. The van der Waals surface area contributed by atoms with Gasteiger partial charge in [0.05, 0.1) is 33.6 Å². The minimum absolute atomic E-state index is 1.10. The Morgan fingerprint density at radius 2 is 1.62 bits per heavy atom. The number of rotatable bonds is 0. The van der Waals surface area contributed by atoms with E-state index in [1.807, 2.05) is 40.5 Å². The summed E-state index contributed by atoms with van der Waals surface area (Å²) < 4.78 is 13.8. The van der Waals surface area contributed by atoms with Crippen LogP contribution in [0.5, 0.6) is 0 Å². The zero-order valence-corrected chi connectivity index (χ0v) is 20.8. The second-order valence-corrected chi connectivity index (χ2v) is 8.16. The van der Waals surface area contributed by atoms with Crippen LogP contribution in [-0.2, 0) is 0 Å². The van der Waals surface area contributed by atoms with E-state index in [-0.39, 0.29) is 0 Å². The van der Waals surface area contributed by atoms with Crippen LogP contribution in [0.4, 0.5) is 0 Å². The number of hydrogen-bond acceptors (Lipinski definition) is 13. The molecular weight excluding hydrogens is 511 g/mol. The highest BCUT2D eigenvalue weighted by Gasteiger charge is 1.89. The lowest BCUT2D eigenvalue weighted by atomic mass is 10.3. The van der Waals surface area contributed by atoms with E-state index in [4.69, 9.17) is 0 Å². The molecule has 0 N–H and O–H groups in total. The SMILES string of the molecule is c1ccc2scnc2c1.c1cnoc1.c1cnsc1.c1cocn1.c1cscn1.c1nncs1. The van der Waals surface area contributed by atoms with E-state index in [1.165, 1.54) is 46.5 Å². The maximum absolute atomic E-state index is 4.47. The zero-order valence-electron chi connectivity index (χ0n) is 17.5. The Hall–Kier alpha value is -3.65. The molecular formula is C21H19N7O2S4. The molecule has 9 nitrogen and oxygen atoms in total. The lowest BCUT2D eigenvalue weighted by molar-refractivity contribution is 0.420. The largest absolute Gasteiger partial charge is 0.452 e. The molecule has 34 heavy (non-hydrogen) atoms. The number of nitrogens with zero attached hydrogens (tertiary/aromatic N) is 7. The van der Waals surface area contributed by atoms with E-state index < -0.39 is 0 Å². The molecule has 0 bridgehead atoms. The van der Waals surface area contributed by atoms with Crippen molar-refractivity contribution in [1.82, 2.24) is 34.7 Å². The van der Waals surface area contributed by atoms with Gasteiger partial charge in [-0.15, -0.1) is 44.2 Å². The normalized spacial score (nSPS) is 8.59. The summed E-state index contributed by atoms with van der Waals surface area (Å²) in [5, 5.41) is 14.2. The minimum Gasteiger partial charge on any atom is -0.452 e. The molecule has 0 spiro atoms. The van der Waals surface area contributed by atoms with Crippen LogP contribution in [0.1, 0.15) is 0 Å². The van der Waals surface area contributed by atoms with Crippen molar-refractivity contribution in [2.75, 3.05) is 0 Å². The Morgan fingerprint density at radius 1 is 0.706 bits per heavy atom. The number of fused-ring (bicyclic) bond motifs is 1. The maximum Gasteiger partial charge on any atom is 0.180 e. The number of thiazole rings is 2. The van der Waals surface area contributed by atoms with E-state index in [9.17, 15) is 0 Å². The molecule has 0 fully saturated rings. The first-order chi connectivity index (χ1) is 17.0. The monoisotopic (exact) mass is 529 g/mol. The van der Waals surface area contributed by atoms with E-state index in [0.717, 1.165) is 5.52 Å². The van der Waals surface area contributed by atoms with Gasteiger partial charge in [0.15, 0.2) is 6.39 Å². The minimum atomic E-state index is 1.10. The maximum atomic E-state index is 4.47. The number of oxazole rings is 1. The van der Waals surface area contributed by atoms with Gasteiger partial charge < -0.3 is 8.94 Å². The van der Waals surface area contributed by atoms with E-state index >= 15 is 0 Å². The van der Waals surface area contributed by atoms with Crippen molar-refractivity contribution in [2.45, 2.75) is 0 Å². The topological polar surface area (TPSA) is 117 Å². The van der Waals surface area contributed by atoms with Crippen molar-refractivity contribution < 1.29 is 8.94 Å². The molecule has 0 aliphatic heterocycles. The van der Waals surface area contributed by atoms with E-state index in [0.29, 0.717) is 0 Å². The van der Waals surface area contributed by atoms with Gasteiger partial charge in [-0.1, -0.05) is 17.3 Å². The Labute approximate surface area is 211 Å². The standard InChI is InChI=1S/C7H5NS.2C3H3NO.2C3H3NS.C2H2N2S/c1-2-4-7-6(3-1)8-5-9-7;1-2-5-3-4-1;1-2-4-5-3-1;1-2-5-3-4-1;1-2-4-5-3-1;1-3-4-2-5-1/h1-5H;4*1-3H;1-2H. The van der Waals surface area contributed by atoms with Crippen LogP contribution in [0.25, 0.3) is 10.2 Å². The van der Waals surface area contributed by atoms with Crippen LogP contribution >= 0.6 is 45.5 Å². The summed E-state index contributed by atoms with van der Waals surface area (Å²) in [7, 11) is 0. The molecule has 174 valence electrons. The summed E-state index contributed by atoms with van der Waals surface area (Å²) >= 11 is 6.23. The van der Waals surface area contributed by atoms with Crippen molar-refractivity contribution in [2.24, 2.45) is 0 Å². The van der Waals surface area contributed by atoms with E-state index in [2.05, 4.69) is 49.7 Å². The quantitative estimate of drug-likeness (QED) is 0.218. The third-order valence-corrected chi connectivity index (χ3v) is 5.19. The first kappa shape index (κ1) is 26.6. The van der Waals surface area contributed by atoms with Gasteiger partial charge >= 0.3 is 0 Å². The fraction of sp³-hybridized carbons (Fsp3) is 0. The molecule has 7 rings (SSSR count). The van der Waals surface area contributed by atoms with E-state index in [1.54, 1.807) is 70.1 Å². The molecule has 0 aliphatic carbocycles. The van der Waals surface area contributed by atoms with Crippen molar-refractivity contribution >= 4 is 55.8 Å². The molecule has 0 unspecified atom stereocenters. The molecule has 13 heteroatoms. The Balaban J connectivity index is 0.000000147. The van der Waals surface area contributed by atoms with Gasteiger partial charge in [0.25, 0.3) is 0 Å². The number of aromatic nitrogens is 7. The fourth-order valence-corrected chi connectivity index (χ4v) is 3.30.